The topological polar surface area (TPSA) is 69.6 Å². The van der Waals surface area contributed by atoms with E-state index in [0.29, 0.717) is 11.6 Å². The average molecular weight is 248 g/mol. The molecule has 1 aromatic carbocycles. The van der Waals surface area contributed by atoms with Gasteiger partial charge < -0.3 is 15.3 Å². The summed E-state index contributed by atoms with van der Waals surface area (Å²) in [5.74, 6) is -0.798. The molecule has 0 aliphatic carbocycles. The molecule has 18 heavy (non-hydrogen) atoms. The number of carbonyl (C=O) groups is 2. The summed E-state index contributed by atoms with van der Waals surface area (Å²) in [5, 5.41) is 11.8. The van der Waals surface area contributed by atoms with Crippen molar-refractivity contribution in [1.82, 2.24) is 0 Å². The fourth-order valence-electron chi connectivity index (χ4n) is 2.15. The number of fused-ring (bicyclic) bond motifs is 1. The predicted molar refractivity (Wildman–Crippen MR) is 69.1 cm³/mol. The minimum absolute atomic E-state index is 0.134. The fourth-order valence-corrected chi connectivity index (χ4v) is 2.15. The maximum Gasteiger partial charge on any atom is 0.337 e. The molecule has 1 aliphatic heterocycles. The third-order valence-corrected chi connectivity index (χ3v) is 2.80. The van der Waals surface area contributed by atoms with Crippen LogP contribution in [0.15, 0.2) is 18.2 Å². The van der Waals surface area contributed by atoms with Gasteiger partial charge in [-0.3, -0.25) is 4.79 Å². The van der Waals surface area contributed by atoms with Crippen molar-refractivity contribution < 1.29 is 14.7 Å². The first kappa shape index (κ1) is 12.4. The second kappa shape index (κ2) is 4.68. The summed E-state index contributed by atoms with van der Waals surface area (Å²) in [7, 11) is 0. The van der Waals surface area contributed by atoms with Crippen molar-refractivity contribution in [2.75, 3.05) is 23.3 Å². The van der Waals surface area contributed by atoms with Gasteiger partial charge in [0.05, 0.1) is 23.5 Å². The number of nitrogens with one attached hydrogen (secondary N) is 1. The molecule has 1 heterocycles. The predicted octanol–water partition coefficient (Wildman–Crippen LogP) is 1.80. The lowest BCUT2D eigenvalue weighted by molar-refractivity contribution is -0.115. The van der Waals surface area contributed by atoms with Crippen molar-refractivity contribution in [2.24, 2.45) is 5.92 Å². The molecule has 96 valence electrons. The van der Waals surface area contributed by atoms with Crippen molar-refractivity contribution in [3.05, 3.63) is 23.8 Å². The molecular formula is C13H16N2O3. The minimum atomic E-state index is -1.03. The number of rotatable bonds is 3. The molecule has 0 aromatic heterocycles. The number of carboxylic acid groups (broad SMARTS) is 1. The summed E-state index contributed by atoms with van der Waals surface area (Å²) in [6.45, 7) is 5.12. The van der Waals surface area contributed by atoms with E-state index in [1.165, 1.54) is 6.07 Å². The van der Waals surface area contributed by atoms with Crippen molar-refractivity contribution >= 4 is 23.3 Å². The number of carboxylic acids is 1. The van der Waals surface area contributed by atoms with Gasteiger partial charge in [-0.1, -0.05) is 19.9 Å². The standard InChI is InChI=1S/C13H16N2O3/c1-8(2)6-15-7-11(16)14-12-9(13(17)18)4-3-5-10(12)15/h3-5,8H,6-7H2,1-2H3,(H,14,16)(H,17,18). The Morgan fingerprint density at radius 1 is 1.50 bits per heavy atom. The zero-order valence-electron chi connectivity index (χ0n) is 10.4. The number of carbonyl (C=O) groups excluding carboxylic acids is 1. The summed E-state index contributed by atoms with van der Waals surface area (Å²) in [4.78, 5) is 24.7. The van der Waals surface area contributed by atoms with Crippen LogP contribution in [0.5, 0.6) is 0 Å². The molecule has 5 nitrogen and oxygen atoms in total. The van der Waals surface area contributed by atoms with Gasteiger partial charge in [-0.05, 0) is 18.1 Å². The molecular weight excluding hydrogens is 232 g/mol. The molecule has 1 amide bonds. The lowest BCUT2D eigenvalue weighted by Gasteiger charge is -2.32. The van der Waals surface area contributed by atoms with Gasteiger partial charge in [-0.15, -0.1) is 0 Å². The molecule has 0 atom stereocenters. The molecule has 0 bridgehead atoms. The number of anilines is 2. The SMILES string of the molecule is CC(C)CN1CC(=O)Nc2c(C(=O)O)cccc21. The molecule has 2 rings (SSSR count). The second-order valence-electron chi connectivity index (χ2n) is 4.83. The van der Waals surface area contributed by atoms with Crippen LogP contribution in [0.4, 0.5) is 11.4 Å². The van der Waals surface area contributed by atoms with Gasteiger partial charge in [0.15, 0.2) is 0 Å². The van der Waals surface area contributed by atoms with E-state index in [0.717, 1.165) is 12.2 Å². The Labute approximate surface area is 105 Å². The Bertz CT molecular complexity index is 497. The van der Waals surface area contributed by atoms with E-state index >= 15 is 0 Å². The molecule has 0 saturated carbocycles. The van der Waals surface area contributed by atoms with Crippen LogP contribution in [-0.4, -0.2) is 30.1 Å². The van der Waals surface area contributed by atoms with Crippen LogP contribution >= 0.6 is 0 Å². The molecule has 5 heteroatoms. The molecule has 0 saturated heterocycles. The average Bonchev–Trinajstić information content (AvgIpc) is 2.26. The van der Waals surface area contributed by atoms with Crippen LogP contribution in [-0.2, 0) is 4.79 Å². The van der Waals surface area contributed by atoms with Crippen molar-refractivity contribution in [3.8, 4) is 0 Å². The Morgan fingerprint density at radius 3 is 2.83 bits per heavy atom. The third kappa shape index (κ3) is 2.30. The quantitative estimate of drug-likeness (QED) is 0.855. The molecule has 0 radical (unpaired) electrons. The largest absolute Gasteiger partial charge is 0.478 e. The molecule has 0 spiro atoms. The van der Waals surface area contributed by atoms with Crippen LogP contribution in [0.3, 0.4) is 0 Å². The summed E-state index contributed by atoms with van der Waals surface area (Å²) >= 11 is 0. The summed E-state index contributed by atoms with van der Waals surface area (Å²) in [5.41, 5.74) is 1.32. The van der Waals surface area contributed by atoms with Crippen molar-refractivity contribution in [2.45, 2.75) is 13.8 Å². The van der Waals surface area contributed by atoms with E-state index in [1.807, 2.05) is 11.0 Å². The summed E-state index contributed by atoms with van der Waals surface area (Å²) < 4.78 is 0. The fraction of sp³-hybridized carbons (Fsp3) is 0.385. The minimum Gasteiger partial charge on any atom is -0.478 e. The van der Waals surface area contributed by atoms with Gasteiger partial charge in [0, 0.05) is 6.54 Å². The van der Waals surface area contributed by atoms with Gasteiger partial charge in [0.2, 0.25) is 5.91 Å². The zero-order valence-corrected chi connectivity index (χ0v) is 10.4. The normalized spacial score (nSPS) is 14.4. The molecule has 1 aliphatic rings. The Balaban J connectivity index is 2.46. The van der Waals surface area contributed by atoms with Gasteiger partial charge in [0.25, 0.3) is 0 Å². The van der Waals surface area contributed by atoms with Gasteiger partial charge in [-0.25, -0.2) is 4.79 Å². The maximum atomic E-state index is 11.6. The summed E-state index contributed by atoms with van der Waals surface area (Å²) in [6.07, 6.45) is 0. The van der Waals surface area contributed by atoms with Gasteiger partial charge in [0.1, 0.15) is 0 Å². The Hall–Kier alpha value is -2.04. The molecule has 0 unspecified atom stereocenters. The van der Waals surface area contributed by atoms with Crippen LogP contribution in [0.1, 0.15) is 24.2 Å². The smallest absolute Gasteiger partial charge is 0.337 e. The van der Waals surface area contributed by atoms with E-state index in [4.69, 9.17) is 5.11 Å². The number of nitrogens with zero attached hydrogens (tertiary/aromatic N) is 1. The number of para-hydroxylation sites is 1. The Kier molecular flexibility index (Phi) is 3.23. The lowest BCUT2D eigenvalue weighted by Crippen LogP contribution is -2.40. The molecule has 1 aromatic rings. The van der Waals surface area contributed by atoms with Crippen LogP contribution in [0, 0.1) is 5.92 Å². The van der Waals surface area contributed by atoms with Gasteiger partial charge >= 0.3 is 5.97 Å². The monoisotopic (exact) mass is 248 g/mol. The number of aromatic carboxylic acids is 1. The van der Waals surface area contributed by atoms with Crippen LogP contribution < -0.4 is 10.2 Å². The zero-order chi connectivity index (χ0) is 13.3. The van der Waals surface area contributed by atoms with Gasteiger partial charge in [-0.2, -0.15) is 0 Å². The first-order valence-electron chi connectivity index (χ1n) is 5.90. The maximum absolute atomic E-state index is 11.6. The van der Waals surface area contributed by atoms with E-state index < -0.39 is 5.97 Å². The van der Waals surface area contributed by atoms with Crippen molar-refractivity contribution in [3.63, 3.8) is 0 Å². The first-order chi connectivity index (χ1) is 8.49. The number of amides is 1. The summed E-state index contributed by atoms with van der Waals surface area (Å²) in [6, 6.07) is 5.04. The Morgan fingerprint density at radius 2 is 2.22 bits per heavy atom. The van der Waals surface area contributed by atoms with E-state index in [-0.39, 0.29) is 18.0 Å². The van der Waals surface area contributed by atoms with Crippen LogP contribution in [0.2, 0.25) is 0 Å². The molecule has 2 N–H and O–H groups in total. The highest BCUT2D eigenvalue weighted by Crippen LogP contribution is 2.33. The number of benzene rings is 1. The second-order valence-corrected chi connectivity index (χ2v) is 4.83. The van der Waals surface area contributed by atoms with E-state index in [1.54, 1.807) is 6.07 Å². The highest BCUT2D eigenvalue weighted by Gasteiger charge is 2.26. The first-order valence-corrected chi connectivity index (χ1v) is 5.90. The van der Waals surface area contributed by atoms with Crippen molar-refractivity contribution in [1.29, 1.82) is 0 Å². The molecule has 0 fully saturated rings. The lowest BCUT2D eigenvalue weighted by atomic mass is 10.1. The van der Waals surface area contributed by atoms with Crippen LogP contribution in [0.25, 0.3) is 0 Å². The van der Waals surface area contributed by atoms with E-state index in [9.17, 15) is 9.59 Å². The third-order valence-electron chi connectivity index (χ3n) is 2.80. The number of hydrogen-bond acceptors (Lipinski definition) is 3. The highest BCUT2D eigenvalue weighted by molar-refractivity contribution is 6.08. The van der Waals surface area contributed by atoms with E-state index in [2.05, 4.69) is 19.2 Å². The number of hydrogen-bond donors (Lipinski definition) is 2. The highest BCUT2D eigenvalue weighted by atomic mass is 16.4.